The van der Waals surface area contributed by atoms with Crippen LogP contribution in [0.2, 0.25) is 0 Å². The maximum atomic E-state index is 2.31. The van der Waals surface area contributed by atoms with Gasteiger partial charge >= 0.3 is 0 Å². The Morgan fingerprint density at radius 1 is 0.175 bits per heavy atom. The lowest BCUT2D eigenvalue weighted by Crippen LogP contribution is -2.05. The van der Waals surface area contributed by atoms with Gasteiger partial charge in [-0.1, -0.05) is 399 Å². The van der Waals surface area contributed by atoms with E-state index in [1.807, 2.05) is 0 Å². The van der Waals surface area contributed by atoms with Gasteiger partial charge in [-0.25, -0.2) is 0 Å². The second-order valence-corrected chi connectivity index (χ2v) is 22.4. The van der Waals surface area contributed by atoms with Crippen molar-refractivity contribution in [2.45, 2.75) is 399 Å². The minimum atomic E-state index is 1.10. The van der Waals surface area contributed by atoms with E-state index in [0.717, 1.165) is 5.92 Å². The van der Waals surface area contributed by atoms with Crippen LogP contribution in [0.3, 0.4) is 0 Å². The molecule has 378 valence electrons. The molecule has 0 N–H and O–H groups in total. The zero-order valence-electron chi connectivity index (χ0n) is 44.7. The van der Waals surface area contributed by atoms with Crippen molar-refractivity contribution in [1.82, 2.24) is 0 Å². The minimum Gasteiger partial charge on any atom is -0.0654 e. The summed E-state index contributed by atoms with van der Waals surface area (Å²) in [7, 11) is 0. The summed E-state index contributed by atoms with van der Waals surface area (Å²) in [5.74, 6) is 1.10. The summed E-state index contributed by atoms with van der Waals surface area (Å²) in [5, 5.41) is 0. The predicted molar refractivity (Wildman–Crippen MR) is 291 cm³/mol. The summed E-state index contributed by atoms with van der Waals surface area (Å²) < 4.78 is 0. The van der Waals surface area contributed by atoms with Crippen LogP contribution in [-0.2, 0) is 0 Å². The molecule has 0 bridgehead atoms. The minimum absolute atomic E-state index is 1.10. The second-order valence-electron chi connectivity index (χ2n) is 22.4. The Kier molecular flexibility index (Phi) is 54.5. The van der Waals surface area contributed by atoms with Crippen molar-refractivity contribution in [2.75, 3.05) is 0 Å². The molecule has 0 aromatic heterocycles. The number of unbranched alkanes of at least 4 members (excludes halogenated alkanes) is 54. The van der Waals surface area contributed by atoms with Crippen molar-refractivity contribution in [3.05, 3.63) is 0 Å². The Bertz CT molecular complexity index is 762. The molecule has 0 unspecified atom stereocenters. The molecule has 1 fully saturated rings. The first-order valence-corrected chi connectivity index (χ1v) is 31.4. The molecule has 0 aromatic carbocycles. The summed E-state index contributed by atoms with van der Waals surface area (Å²) in [5.41, 5.74) is 0. The molecule has 1 aliphatic rings. The van der Waals surface area contributed by atoms with Crippen molar-refractivity contribution in [3.8, 4) is 0 Å². The van der Waals surface area contributed by atoms with E-state index in [0.29, 0.717) is 0 Å². The van der Waals surface area contributed by atoms with Crippen molar-refractivity contribution in [1.29, 1.82) is 0 Å². The molecule has 0 nitrogen and oxygen atoms in total. The van der Waals surface area contributed by atoms with Crippen molar-refractivity contribution >= 4 is 0 Å². The molecule has 0 amide bonds. The topological polar surface area (TPSA) is 0 Å². The van der Waals surface area contributed by atoms with Gasteiger partial charge in [0.05, 0.1) is 0 Å². The fraction of sp³-hybridized carbons (Fsp3) is 1.00. The van der Waals surface area contributed by atoms with Crippen molar-refractivity contribution < 1.29 is 0 Å². The maximum Gasteiger partial charge on any atom is -0.0414 e. The van der Waals surface area contributed by atoms with Gasteiger partial charge in [0.25, 0.3) is 0 Å². The summed E-state index contributed by atoms with van der Waals surface area (Å²) >= 11 is 0. The van der Waals surface area contributed by atoms with Crippen LogP contribution in [0.5, 0.6) is 0 Å². The molecule has 0 saturated heterocycles. The molecule has 0 heterocycles. The van der Waals surface area contributed by atoms with Crippen LogP contribution >= 0.6 is 0 Å². The van der Waals surface area contributed by atoms with Crippen molar-refractivity contribution in [3.63, 3.8) is 0 Å². The zero-order valence-corrected chi connectivity index (χ0v) is 44.7. The summed E-state index contributed by atoms with van der Waals surface area (Å²) in [6.07, 6.45) is 91.4. The molecule has 0 radical (unpaired) electrons. The maximum absolute atomic E-state index is 2.31. The van der Waals surface area contributed by atoms with Gasteiger partial charge in [-0.3, -0.25) is 0 Å². The monoisotopic (exact) mass is 883 g/mol. The molecule has 0 spiro atoms. The Hall–Kier alpha value is 0. The number of rotatable bonds is 56. The van der Waals surface area contributed by atoms with Crippen LogP contribution in [0, 0.1) is 5.92 Å². The van der Waals surface area contributed by atoms with E-state index in [9.17, 15) is 0 Å². The van der Waals surface area contributed by atoms with Crippen LogP contribution in [-0.4, -0.2) is 0 Å². The van der Waals surface area contributed by atoms with E-state index in [4.69, 9.17) is 0 Å². The van der Waals surface area contributed by atoms with Gasteiger partial charge in [0.1, 0.15) is 0 Å². The molecule has 0 aromatic rings. The Morgan fingerprint density at radius 2 is 0.317 bits per heavy atom. The number of hydrogen-bond acceptors (Lipinski definition) is 0. The lowest BCUT2D eigenvalue weighted by atomic mass is 9.85. The molecule has 1 aliphatic carbocycles. The largest absolute Gasteiger partial charge is 0.0654 e. The number of hydrogen-bond donors (Lipinski definition) is 0. The molecular weight excluding hydrogens is 757 g/mol. The average Bonchev–Trinajstić information content (AvgIpc) is 3.30. The lowest BCUT2D eigenvalue weighted by molar-refractivity contribution is 0.328. The smallest absolute Gasteiger partial charge is 0.0414 e. The van der Waals surface area contributed by atoms with E-state index >= 15 is 0 Å². The van der Waals surface area contributed by atoms with E-state index < -0.39 is 0 Å². The molecule has 63 heavy (non-hydrogen) atoms. The molecule has 1 rings (SSSR count). The van der Waals surface area contributed by atoms with Crippen LogP contribution < -0.4 is 0 Å². The zero-order chi connectivity index (χ0) is 44.7. The van der Waals surface area contributed by atoms with Crippen LogP contribution in [0.4, 0.5) is 0 Å². The third-order valence-electron chi connectivity index (χ3n) is 15.9. The second kappa shape index (κ2) is 56.3. The molecule has 1 saturated carbocycles. The Balaban J connectivity index is 1.58. The van der Waals surface area contributed by atoms with Crippen molar-refractivity contribution in [2.24, 2.45) is 5.92 Å². The van der Waals surface area contributed by atoms with Crippen LogP contribution in [0.25, 0.3) is 0 Å². The fourth-order valence-electron chi connectivity index (χ4n) is 11.4. The van der Waals surface area contributed by atoms with E-state index in [1.165, 1.54) is 372 Å². The van der Waals surface area contributed by atoms with Gasteiger partial charge in [0, 0.05) is 0 Å². The predicted octanol–water partition coefficient (Wildman–Crippen LogP) is 24.4. The molecular formula is C63H126. The third kappa shape index (κ3) is 52.8. The third-order valence-corrected chi connectivity index (χ3v) is 15.9. The highest BCUT2D eigenvalue weighted by Crippen LogP contribution is 2.28. The van der Waals surface area contributed by atoms with Gasteiger partial charge in [0.15, 0.2) is 0 Å². The van der Waals surface area contributed by atoms with Gasteiger partial charge in [-0.05, 0) is 5.92 Å². The van der Waals surface area contributed by atoms with Gasteiger partial charge in [-0.2, -0.15) is 0 Å². The van der Waals surface area contributed by atoms with E-state index in [-0.39, 0.29) is 0 Å². The van der Waals surface area contributed by atoms with Crippen LogP contribution in [0.15, 0.2) is 0 Å². The van der Waals surface area contributed by atoms with Gasteiger partial charge in [0.2, 0.25) is 0 Å². The first-order chi connectivity index (χ1) is 31.4. The lowest BCUT2D eigenvalue weighted by Gasteiger charge is -2.21. The van der Waals surface area contributed by atoms with E-state index in [1.54, 1.807) is 19.3 Å². The highest BCUT2D eigenvalue weighted by molar-refractivity contribution is 4.66. The highest BCUT2D eigenvalue weighted by Gasteiger charge is 2.12. The molecule has 0 atom stereocenters. The normalized spacial score (nSPS) is 13.5. The van der Waals surface area contributed by atoms with Crippen LogP contribution in [0.1, 0.15) is 399 Å². The first kappa shape index (κ1) is 61.0. The Morgan fingerprint density at radius 3 is 0.476 bits per heavy atom. The fourth-order valence-corrected chi connectivity index (χ4v) is 11.4. The first-order valence-electron chi connectivity index (χ1n) is 31.4. The Labute approximate surface area is 402 Å². The summed E-state index contributed by atoms with van der Waals surface area (Å²) in [6, 6.07) is 0. The van der Waals surface area contributed by atoms with Gasteiger partial charge < -0.3 is 0 Å². The molecule has 0 heteroatoms. The van der Waals surface area contributed by atoms with E-state index in [2.05, 4.69) is 6.92 Å². The standard InChI is InChI=1S/C63H126/c1-2-3-4-5-6-7-8-9-10-11-12-13-14-15-16-17-18-19-20-21-22-23-24-25-26-27-28-29-30-31-32-33-34-35-36-37-38-39-40-41-42-43-44-45-46-47-48-49-50-51-52-53-54-55-57-60-63-61-58-56-59-62-63/h63H,2-62H2,1H3. The summed E-state index contributed by atoms with van der Waals surface area (Å²) in [6.45, 7) is 2.31. The SMILES string of the molecule is CCCCCCCCCCCCCCCCCCCCCCCCCCCCCCCCCCCCCCCCCCCCCCCCCCCCCCCCCC1CCCCC1. The molecule has 0 aliphatic heterocycles. The van der Waals surface area contributed by atoms with Gasteiger partial charge in [-0.15, -0.1) is 0 Å². The quantitative estimate of drug-likeness (QED) is 0.0534. The average molecular weight is 884 g/mol. The highest BCUT2D eigenvalue weighted by atomic mass is 14.2. The summed E-state index contributed by atoms with van der Waals surface area (Å²) in [4.78, 5) is 0.